The van der Waals surface area contributed by atoms with Gasteiger partial charge < -0.3 is 10.1 Å². The van der Waals surface area contributed by atoms with E-state index in [2.05, 4.69) is 31.8 Å². The molecular weight excluding hydrogens is 244 g/mol. The zero-order valence-corrected chi connectivity index (χ0v) is 10.8. The van der Waals surface area contributed by atoms with Crippen LogP contribution < -0.4 is 10.1 Å². The van der Waals surface area contributed by atoms with Gasteiger partial charge in [-0.15, -0.1) is 6.58 Å². The Morgan fingerprint density at radius 1 is 1.42 bits per heavy atom. The fraction of sp³-hybridized carbons (Fsp3) is 0.333. The van der Waals surface area contributed by atoms with Crippen LogP contribution in [0.15, 0.2) is 31.4 Å². The number of nitrogens with one attached hydrogen (secondary N) is 1. The van der Waals surface area contributed by atoms with Gasteiger partial charge in [0.25, 0.3) is 0 Å². The third kappa shape index (κ3) is 3.51. The normalized spacial score (nSPS) is 10.2. The van der Waals surface area contributed by atoms with Crippen LogP contribution in [0.1, 0.15) is 13.3 Å². The SMILES string of the molecule is C=CCCOc1nc(NCC)nc(-n2ccnc2)n1. The molecule has 0 aliphatic heterocycles. The van der Waals surface area contributed by atoms with Gasteiger partial charge in [-0.2, -0.15) is 15.0 Å². The maximum absolute atomic E-state index is 5.46. The average Bonchev–Trinajstić information content (AvgIpc) is 2.93. The lowest BCUT2D eigenvalue weighted by atomic mass is 10.5. The molecule has 0 fully saturated rings. The zero-order chi connectivity index (χ0) is 13.5. The van der Waals surface area contributed by atoms with Crippen molar-refractivity contribution in [3.63, 3.8) is 0 Å². The van der Waals surface area contributed by atoms with Crippen LogP contribution in [0.3, 0.4) is 0 Å². The molecule has 2 rings (SSSR count). The Labute approximate surface area is 111 Å². The van der Waals surface area contributed by atoms with Gasteiger partial charge in [0.15, 0.2) is 0 Å². The summed E-state index contributed by atoms with van der Waals surface area (Å²) in [7, 11) is 0. The molecule has 7 nitrogen and oxygen atoms in total. The maximum atomic E-state index is 5.46. The number of nitrogens with zero attached hydrogens (tertiary/aromatic N) is 5. The molecule has 0 bridgehead atoms. The Balaban J connectivity index is 2.24. The second kappa shape index (κ2) is 6.48. The van der Waals surface area contributed by atoms with Crippen molar-refractivity contribution < 1.29 is 4.74 Å². The Morgan fingerprint density at radius 2 is 2.32 bits per heavy atom. The Kier molecular flexibility index (Phi) is 4.44. The molecular formula is C12H16N6O. The molecule has 7 heteroatoms. The van der Waals surface area contributed by atoms with Gasteiger partial charge in [-0.05, 0) is 13.3 Å². The molecule has 0 saturated carbocycles. The number of aromatic nitrogens is 5. The van der Waals surface area contributed by atoms with Crippen molar-refractivity contribution >= 4 is 5.95 Å². The fourth-order valence-electron chi connectivity index (χ4n) is 1.37. The fourth-order valence-corrected chi connectivity index (χ4v) is 1.37. The monoisotopic (exact) mass is 260 g/mol. The van der Waals surface area contributed by atoms with Crippen molar-refractivity contribution in [3.05, 3.63) is 31.4 Å². The highest BCUT2D eigenvalue weighted by Gasteiger charge is 2.08. The van der Waals surface area contributed by atoms with Gasteiger partial charge in [-0.1, -0.05) is 6.08 Å². The quantitative estimate of drug-likeness (QED) is 0.599. The van der Waals surface area contributed by atoms with E-state index in [9.17, 15) is 0 Å². The van der Waals surface area contributed by atoms with Gasteiger partial charge in [0.2, 0.25) is 11.9 Å². The van der Waals surface area contributed by atoms with Gasteiger partial charge in [-0.3, -0.25) is 4.57 Å². The van der Waals surface area contributed by atoms with E-state index in [1.54, 1.807) is 29.4 Å². The molecule has 0 aliphatic carbocycles. The molecule has 2 aromatic rings. The lowest BCUT2D eigenvalue weighted by Crippen LogP contribution is -2.10. The summed E-state index contributed by atoms with van der Waals surface area (Å²) in [6.45, 7) is 6.82. The summed E-state index contributed by atoms with van der Waals surface area (Å²) in [4.78, 5) is 16.7. The smallest absolute Gasteiger partial charge is 0.323 e. The van der Waals surface area contributed by atoms with Crippen molar-refractivity contribution in [1.82, 2.24) is 24.5 Å². The van der Waals surface area contributed by atoms with Crippen molar-refractivity contribution in [2.24, 2.45) is 0 Å². The molecule has 2 aromatic heterocycles. The molecule has 0 aliphatic rings. The van der Waals surface area contributed by atoms with Gasteiger partial charge in [0.05, 0.1) is 6.61 Å². The zero-order valence-electron chi connectivity index (χ0n) is 10.8. The molecule has 0 unspecified atom stereocenters. The summed E-state index contributed by atoms with van der Waals surface area (Å²) in [5, 5.41) is 3.04. The lowest BCUT2D eigenvalue weighted by Gasteiger charge is -2.08. The molecule has 19 heavy (non-hydrogen) atoms. The minimum Gasteiger partial charge on any atom is -0.463 e. The summed E-state index contributed by atoms with van der Waals surface area (Å²) in [6.07, 6.45) is 7.57. The van der Waals surface area contributed by atoms with Crippen LogP contribution in [0, 0.1) is 0 Å². The topological polar surface area (TPSA) is 77.8 Å². The van der Waals surface area contributed by atoms with Crippen LogP contribution in [0.5, 0.6) is 6.01 Å². The van der Waals surface area contributed by atoms with Gasteiger partial charge >= 0.3 is 6.01 Å². The van der Waals surface area contributed by atoms with E-state index in [1.807, 2.05) is 6.92 Å². The summed E-state index contributed by atoms with van der Waals surface area (Å²) in [5.74, 6) is 0.951. The van der Waals surface area contributed by atoms with Gasteiger partial charge in [0, 0.05) is 18.9 Å². The molecule has 0 spiro atoms. The van der Waals surface area contributed by atoms with E-state index in [-0.39, 0.29) is 6.01 Å². The van der Waals surface area contributed by atoms with E-state index >= 15 is 0 Å². The summed E-state index contributed by atoms with van der Waals surface area (Å²) >= 11 is 0. The summed E-state index contributed by atoms with van der Waals surface area (Å²) in [6, 6.07) is 0.288. The Bertz CT molecular complexity index is 525. The second-order valence-electron chi connectivity index (χ2n) is 3.67. The Hall–Kier alpha value is -2.44. The van der Waals surface area contributed by atoms with Gasteiger partial charge in [0.1, 0.15) is 6.33 Å². The van der Waals surface area contributed by atoms with Crippen molar-refractivity contribution in [2.45, 2.75) is 13.3 Å². The van der Waals surface area contributed by atoms with E-state index in [0.717, 1.165) is 13.0 Å². The van der Waals surface area contributed by atoms with E-state index < -0.39 is 0 Å². The first-order valence-corrected chi connectivity index (χ1v) is 6.05. The molecule has 1 N–H and O–H groups in total. The molecule has 2 heterocycles. The first-order valence-electron chi connectivity index (χ1n) is 6.05. The number of hydrogen-bond donors (Lipinski definition) is 1. The molecule has 0 aromatic carbocycles. The van der Waals surface area contributed by atoms with Crippen molar-refractivity contribution in [2.75, 3.05) is 18.5 Å². The summed E-state index contributed by atoms with van der Waals surface area (Å²) in [5.41, 5.74) is 0. The highest BCUT2D eigenvalue weighted by molar-refractivity contribution is 5.30. The van der Waals surface area contributed by atoms with Crippen molar-refractivity contribution in [1.29, 1.82) is 0 Å². The first-order chi connectivity index (χ1) is 9.33. The lowest BCUT2D eigenvalue weighted by molar-refractivity contribution is 0.298. The highest BCUT2D eigenvalue weighted by Crippen LogP contribution is 2.11. The van der Waals surface area contributed by atoms with Crippen LogP contribution in [0.2, 0.25) is 0 Å². The molecule has 0 atom stereocenters. The standard InChI is InChI=1S/C12H16N6O/c1-3-5-8-19-12-16-10(14-4-2)15-11(17-12)18-7-6-13-9-18/h3,6-7,9H,1,4-5,8H2,2H3,(H,14,15,16,17). The van der Waals surface area contributed by atoms with E-state index in [0.29, 0.717) is 18.5 Å². The van der Waals surface area contributed by atoms with E-state index in [4.69, 9.17) is 4.74 Å². The van der Waals surface area contributed by atoms with Crippen LogP contribution in [-0.2, 0) is 0 Å². The third-order valence-electron chi connectivity index (χ3n) is 2.23. The second-order valence-corrected chi connectivity index (χ2v) is 3.67. The third-order valence-corrected chi connectivity index (χ3v) is 2.23. The minimum atomic E-state index is 0.288. The van der Waals surface area contributed by atoms with Crippen LogP contribution in [0.25, 0.3) is 5.95 Å². The number of rotatable bonds is 7. The summed E-state index contributed by atoms with van der Waals surface area (Å²) < 4.78 is 7.16. The average molecular weight is 260 g/mol. The molecule has 0 saturated heterocycles. The number of hydrogen-bond acceptors (Lipinski definition) is 6. The minimum absolute atomic E-state index is 0.288. The first kappa shape index (κ1) is 13.0. The van der Waals surface area contributed by atoms with Gasteiger partial charge in [-0.25, -0.2) is 4.98 Å². The predicted molar refractivity (Wildman–Crippen MR) is 71.4 cm³/mol. The van der Waals surface area contributed by atoms with Crippen LogP contribution >= 0.6 is 0 Å². The number of ether oxygens (including phenoxy) is 1. The highest BCUT2D eigenvalue weighted by atomic mass is 16.5. The van der Waals surface area contributed by atoms with E-state index in [1.165, 1.54) is 0 Å². The largest absolute Gasteiger partial charge is 0.463 e. The Morgan fingerprint density at radius 3 is 3.00 bits per heavy atom. The molecule has 0 radical (unpaired) electrons. The number of imidazole rings is 1. The molecule has 0 amide bonds. The number of anilines is 1. The predicted octanol–water partition coefficient (Wildman–Crippen LogP) is 1.44. The van der Waals surface area contributed by atoms with Crippen molar-refractivity contribution in [3.8, 4) is 12.0 Å². The van der Waals surface area contributed by atoms with Crippen LogP contribution in [-0.4, -0.2) is 37.7 Å². The maximum Gasteiger partial charge on any atom is 0.323 e. The molecule has 100 valence electrons. The van der Waals surface area contributed by atoms with Crippen LogP contribution in [0.4, 0.5) is 5.95 Å².